The molecule has 146 valence electrons. The van der Waals surface area contributed by atoms with E-state index in [0.717, 1.165) is 12.1 Å². The number of phenolic OH excluding ortho intramolecular Hbond substituents is 1. The predicted molar refractivity (Wildman–Crippen MR) is 101 cm³/mol. The predicted octanol–water partition coefficient (Wildman–Crippen LogP) is 2.18. The van der Waals surface area contributed by atoms with E-state index >= 15 is 0 Å². The number of nitro groups is 1. The third-order valence-corrected chi connectivity index (χ3v) is 3.55. The molecule has 0 spiro atoms. The van der Waals surface area contributed by atoms with Crippen molar-refractivity contribution in [1.82, 2.24) is 5.43 Å². The minimum atomic E-state index is -0.729. The molecule has 2 aromatic rings. The molecule has 2 aromatic carbocycles. The van der Waals surface area contributed by atoms with Gasteiger partial charge in [0.15, 0.2) is 5.75 Å². The molecular formula is C18H18N4O6. The Kier molecular flexibility index (Phi) is 7.03. The smallest absolute Gasteiger partial charge is 0.311 e. The summed E-state index contributed by atoms with van der Waals surface area (Å²) in [4.78, 5) is 33.6. The lowest BCUT2D eigenvalue weighted by Crippen LogP contribution is -2.20. The maximum absolute atomic E-state index is 11.9. The van der Waals surface area contributed by atoms with Crippen LogP contribution in [0.15, 0.2) is 47.6 Å². The molecule has 0 radical (unpaired) electrons. The second-order valence-corrected chi connectivity index (χ2v) is 5.58. The monoisotopic (exact) mass is 386 g/mol. The van der Waals surface area contributed by atoms with Gasteiger partial charge in [-0.15, -0.1) is 0 Å². The Morgan fingerprint density at radius 3 is 2.50 bits per heavy atom. The molecule has 0 atom stereocenters. The Hall–Kier alpha value is -3.95. The fourth-order valence-corrected chi connectivity index (χ4v) is 2.13. The van der Waals surface area contributed by atoms with Gasteiger partial charge in [0.25, 0.3) is 0 Å². The van der Waals surface area contributed by atoms with E-state index in [1.807, 2.05) is 0 Å². The number of nitrogens with one attached hydrogen (secondary N) is 2. The summed E-state index contributed by atoms with van der Waals surface area (Å²) in [6.07, 6.45) is 1.06. The summed E-state index contributed by atoms with van der Waals surface area (Å²) in [6.45, 7) is 0. The van der Waals surface area contributed by atoms with Crippen molar-refractivity contribution in [1.29, 1.82) is 0 Å². The number of hydrazone groups is 1. The van der Waals surface area contributed by atoms with Gasteiger partial charge in [-0.3, -0.25) is 19.7 Å². The average Bonchev–Trinajstić information content (AvgIpc) is 2.68. The number of amides is 2. The quantitative estimate of drug-likeness (QED) is 0.360. The molecule has 0 bridgehead atoms. The fourth-order valence-electron chi connectivity index (χ4n) is 2.13. The Morgan fingerprint density at radius 2 is 1.86 bits per heavy atom. The molecule has 0 fully saturated rings. The highest BCUT2D eigenvalue weighted by molar-refractivity contribution is 5.93. The number of ether oxygens (including phenoxy) is 1. The molecule has 0 aliphatic carbocycles. The van der Waals surface area contributed by atoms with Crippen LogP contribution < -0.4 is 15.5 Å². The van der Waals surface area contributed by atoms with Crippen LogP contribution in [0.1, 0.15) is 18.4 Å². The third-order valence-electron chi connectivity index (χ3n) is 3.55. The number of nitrogens with zero attached hydrogens (tertiary/aromatic N) is 2. The van der Waals surface area contributed by atoms with Crippen molar-refractivity contribution in [2.24, 2.45) is 5.10 Å². The summed E-state index contributed by atoms with van der Waals surface area (Å²) in [7, 11) is 1.54. The Labute approximate surface area is 160 Å². The lowest BCUT2D eigenvalue weighted by molar-refractivity contribution is -0.385. The van der Waals surface area contributed by atoms with Crippen molar-refractivity contribution in [3.8, 4) is 11.5 Å². The summed E-state index contributed by atoms with van der Waals surface area (Å²) >= 11 is 0. The topological polar surface area (TPSA) is 143 Å². The second-order valence-electron chi connectivity index (χ2n) is 5.58. The third kappa shape index (κ3) is 6.09. The molecule has 10 nitrogen and oxygen atoms in total. The number of nitro benzene ring substituents is 1. The first-order chi connectivity index (χ1) is 13.4. The summed E-state index contributed by atoms with van der Waals surface area (Å²) in [5, 5.41) is 26.5. The minimum absolute atomic E-state index is 0.0436. The van der Waals surface area contributed by atoms with Crippen LogP contribution in [0, 0.1) is 10.1 Å². The molecule has 0 saturated carbocycles. The number of rotatable bonds is 8. The van der Waals surface area contributed by atoms with E-state index < -0.39 is 22.3 Å². The SMILES string of the molecule is COc1ccc(NC(=O)CCC(=O)N/N=C/c2ccc(O)c([N+](=O)[O-])c2)cc1. The number of hydrogen-bond acceptors (Lipinski definition) is 7. The maximum Gasteiger partial charge on any atom is 0.311 e. The summed E-state index contributed by atoms with van der Waals surface area (Å²) in [6, 6.07) is 10.4. The van der Waals surface area contributed by atoms with Crippen molar-refractivity contribution in [2.45, 2.75) is 12.8 Å². The maximum atomic E-state index is 11.9. The van der Waals surface area contributed by atoms with Crippen LogP contribution in [0.5, 0.6) is 11.5 Å². The summed E-state index contributed by atoms with van der Waals surface area (Å²) < 4.78 is 5.02. The molecule has 0 aliphatic heterocycles. The largest absolute Gasteiger partial charge is 0.502 e. The summed E-state index contributed by atoms with van der Waals surface area (Å²) in [5.41, 5.74) is 2.67. The van der Waals surface area contributed by atoms with Gasteiger partial charge in [0.1, 0.15) is 5.75 Å². The molecule has 2 rings (SSSR count). The molecule has 2 amide bonds. The van der Waals surface area contributed by atoms with Gasteiger partial charge in [-0.25, -0.2) is 5.43 Å². The van der Waals surface area contributed by atoms with Crippen LogP contribution in [0.2, 0.25) is 0 Å². The molecule has 0 aromatic heterocycles. The zero-order valence-corrected chi connectivity index (χ0v) is 14.9. The molecule has 0 aliphatic rings. The zero-order valence-electron chi connectivity index (χ0n) is 14.9. The van der Waals surface area contributed by atoms with E-state index in [1.54, 1.807) is 24.3 Å². The molecule has 10 heteroatoms. The average molecular weight is 386 g/mol. The highest BCUT2D eigenvalue weighted by Gasteiger charge is 2.13. The van der Waals surface area contributed by atoms with Crippen LogP contribution >= 0.6 is 0 Å². The number of hydrogen-bond donors (Lipinski definition) is 3. The first kappa shape index (κ1) is 20.4. The van der Waals surface area contributed by atoms with Crippen molar-refractivity contribution >= 4 is 29.4 Å². The fraction of sp³-hybridized carbons (Fsp3) is 0.167. The van der Waals surface area contributed by atoms with Crippen molar-refractivity contribution in [3.63, 3.8) is 0 Å². The van der Waals surface area contributed by atoms with Crippen LogP contribution in [0.25, 0.3) is 0 Å². The number of anilines is 1. The molecule has 0 heterocycles. The number of phenols is 1. The van der Waals surface area contributed by atoms with E-state index in [1.165, 1.54) is 19.4 Å². The second kappa shape index (κ2) is 9.67. The lowest BCUT2D eigenvalue weighted by Gasteiger charge is -2.06. The molecule has 0 saturated heterocycles. The minimum Gasteiger partial charge on any atom is -0.502 e. The zero-order chi connectivity index (χ0) is 20.5. The standard InChI is InChI=1S/C18H18N4O6/c1-28-14-5-3-13(4-6-14)20-17(24)8-9-18(25)21-19-11-12-2-7-16(23)15(10-12)22(26)27/h2-7,10-11,23H,8-9H2,1H3,(H,20,24)(H,21,25)/b19-11+. The van der Waals surface area contributed by atoms with Crippen LogP contribution in [-0.4, -0.2) is 35.2 Å². The van der Waals surface area contributed by atoms with Crippen molar-refractivity contribution < 1.29 is 24.4 Å². The normalized spacial score (nSPS) is 10.5. The number of aromatic hydroxyl groups is 1. The van der Waals surface area contributed by atoms with E-state index in [4.69, 9.17) is 4.74 Å². The number of carbonyl (C=O) groups is 2. The van der Waals surface area contributed by atoms with E-state index in [9.17, 15) is 24.8 Å². The van der Waals surface area contributed by atoms with E-state index in [2.05, 4.69) is 15.8 Å². The Morgan fingerprint density at radius 1 is 1.18 bits per heavy atom. The van der Waals surface area contributed by atoms with Crippen molar-refractivity contribution in [2.75, 3.05) is 12.4 Å². The van der Waals surface area contributed by atoms with Gasteiger partial charge in [0.05, 0.1) is 18.2 Å². The lowest BCUT2D eigenvalue weighted by atomic mass is 10.2. The van der Waals surface area contributed by atoms with Gasteiger partial charge in [0, 0.05) is 30.2 Å². The van der Waals surface area contributed by atoms with E-state index in [-0.39, 0.29) is 18.7 Å². The Bertz CT molecular complexity index is 895. The van der Waals surface area contributed by atoms with Gasteiger partial charge >= 0.3 is 5.69 Å². The number of methoxy groups -OCH3 is 1. The van der Waals surface area contributed by atoms with Gasteiger partial charge in [-0.1, -0.05) is 0 Å². The van der Waals surface area contributed by atoms with Crippen LogP contribution in [0.3, 0.4) is 0 Å². The first-order valence-corrected chi connectivity index (χ1v) is 8.12. The molecule has 0 unspecified atom stereocenters. The highest BCUT2D eigenvalue weighted by atomic mass is 16.6. The number of benzene rings is 2. The summed E-state index contributed by atoms with van der Waals surface area (Å²) in [5.74, 6) is -0.629. The van der Waals surface area contributed by atoms with Crippen molar-refractivity contribution in [3.05, 3.63) is 58.1 Å². The molecule has 3 N–H and O–H groups in total. The van der Waals surface area contributed by atoms with Gasteiger partial charge < -0.3 is 15.2 Å². The Balaban J connectivity index is 1.79. The van der Waals surface area contributed by atoms with Crippen LogP contribution in [0.4, 0.5) is 11.4 Å². The van der Waals surface area contributed by atoms with Crippen LogP contribution in [-0.2, 0) is 9.59 Å². The molecule has 28 heavy (non-hydrogen) atoms. The van der Waals surface area contributed by atoms with Gasteiger partial charge in [-0.05, 0) is 36.4 Å². The molecular weight excluding hydrogens is 368 g/mol. The number of carbonyl (C=O) groups excluding carboxylic acids is 2. The highest BCUT2D eigenvalue weighted by Crippen LogP contribution is 2.25. The van der Waals surface area contributed by atoms with Gasteiger partial charge in [0.2, 0.25) is 11.8 Å². The first-order valence-electron chi connectivity index (χ1n) is 8.12. The van der Waals surface area contributed by atoms with E-state index in [0.29, 0.717) is 17.0 Å². The van der Waals surface area contributed by atoms with Gasteiger partial charge in [-0.2, -0.15) is 5.10 Å².